The van der Waals surface area contributed by atoms with E-state index in [1.807, 2.05) is 19.9 Å². The highest BCUT2D eigenvalue weighted by Crippen LogP contribution is 2.25. The van der Waals surface area contributed by atoms with Crippen LogP contribution in [0.4, 0.5) is 11.4 Å². The number of carbonyl (C=O) groups is 2. The highest BCUT2D eigenvalue weighted by atomic mass is 32.2. The first-order chi connectivity index (χ1) is 13.5. The molecule has 0 aliphatic carbocycles. The van der Waals surface area contributed by atoms with Gasteiger partial charge in [0.05, 0.1) is 29.8 Å². The van der Waals surface area contributed by atoms with Crippen molar-refractivity contribution in [2.24, 2.45) is 0 Å². The molecule has 0 unspecified atom stereocenters. The molecule has 1 N–H and O–H groups in total. The molecule has 1 amide bonds. The summed E-state index contributed by atoms with van der Waals surface area (Å²) < 4.78 is 31.1. The number of ether oxygens (including phenoxy) is 1. The number of aryl methyl sites for hydroxylation is 2. The van der Waals surface area contributed by atoms with Crippen molar-refractivity contribution in [2.75, 3.05) is 22.5 Å². The third-order valence-electron chi connectivity index (χ3n) is 4.23. The maximum Gasteiger partial charge on any atom is 0.340 e. The lowest BCUT2D eigenvalue weighted by molar-refractivity contribution is -0.116. The molecule has 0 heterocycles. The highest BCUT2D eigenvalue weighted by Gasteiger charge is 2.30. The Balaban J connectivity index is 2.38. The van der Waals surface area contributed by atoms with E-state index in [0.717, 1.165) is 21.7 Å². The summed E-state index contributed by atoms with van der Waals surface area (Å²) in [5, 5.41) is 2.66. The molecule has 8 heteroatoms. The van der Waals surface area contributed by atoms with Crippen LogP contribution in [0.1, 0.15) is 35.3 Å². The van der Waals surface area contributed by atoms with E-state index in [1.54, 1.807) is 37.3 Å². The van der Waals surface area contributed by atoms with Crippen LogP contribution >= 0.6 is 0 Å². The van der Waals surface area contributed by atoms with Crippen LogP contribution in [0.2, 0.25) is 0 Å². The van der Waals surface area contributed by atoms with E-state index in [1.165, 1.54) is 13.0 Å². The Morgan fingerprint density at radius 2 is 1.69 bits per heavy atom. The SMILES string of the molecule is CCOC(=O)c1ccccc1NC(=O)[C@H](C)N(c1cc(C)cc(C)c1)S(C)(=O)=O. The molecule has 0 saturated carbocycles. The van der Waals surface area contributed by atoms with Crippen LogP contribution in [0.25, 0.3) is 0 Å². The van der Waals surface area contributed by atoms with Gasteiger partial charge in [-0.05, 0) is 63.1 Å². The number of hydrogen-bond donors (Lipinski definition) is 1. The van der Waals surface area contributed by atoms with Gasteiger partial charge in [0.1, 0.15) is 6.04 Å². The van der Waals surface area contributed by atoms with E-state index in [9.17, 15) is 18.0 Å². The second-order valence-electron chi connectivity index (χ2n) is 6.84. The van der Waals surface area contributed by atoms with Gasteiger partial charge in [0.15, 0.2) is 0 Å². The van der Waals surface area contributed by atoms with Gasteiger partial charge in [-0.1, -0.05) is 18.2 Å². The average molecular weight is 419 g/mol. The lowest BCUT2D eigenvalue weighted by atomic mass is 10.1. The summed E-state index contributed by atoms with van der Waals surface area (Å²) >= 11 is 0. The third-order valence-corrected chi connectivity index (χ3v) is 5.47. The molecular formula is C21H26N2O5S. The van der Waals surface area contributed by atoms with Crippen molar-refractivity contribution >= 4 is 33.3 Å². The minimum absolute atomic E-state index is 0.200. The van der Waals surface area contributed by atoms with Gasteiger partial charge in [0.2, 0.25) is 15.9 Å². The molecule has 0 bridgehead atoms. The van der Waals surface area contributed by atoms with Crippen LogP contribution < -0.4 is 9.62 Å². The molecule has 2 aromatic rings. The molecule has 1 atom stereocenters. The maximum atomic E-state index is 12.9. The van der Waals surface area contributed by atoms with Gasteiger partial charge in [-0.15, -0.1) is 0 Å². The number of nitrogens with one attached hydrogen (secondary N) is 1. The fraction of sp³-hybridized carbons (Fsp3) is 0.333. The van der Waals surface area contributed by atoms with Crippen molar-refractivity contribution in [1.82, 2.24) is 0 Å². The number of sulfonamides is 1. The smallest absolute Gasteiger partial charge is 0.340 e. The third kappa shape index (κ3) is 5.57. The van der Waals surface area contributed by atoms with E-state index in [-0.39, 0.29) is 17.9 Å². The van der Waals surface area contributed by atoms with E-state index in [2.05, 4.69) is 5.32 Å². The first-order valence-electron chi connectivity index (χ1n) is 9.19. The predicted octanol–water partition coefficient (Wildman–Crippen LogP) is 3.27. The van der Waals surface area contributed by atoms with Crippen LogP contribution in [-0.2, 0) is 19.6 Å². The molecular weight excluding hydrogens is 392 g/mol. The lowest BCUT2D eigenvalue weighted by Gasteiger charge is -2.29. The van der Waals surface area contributed by atoms with Crippen molar-refractivity contribution < 1.29 is 22.7 Å². The minimum Gasteiger partial charge on any atom is -0.462 e. The summed E-state index contributed by atoms with van der Waals surface area (Å²) in [6.45, 7) is 7.11. The Morgan fingerprint density at radius 3 is 2.24 bits per heavy atom. The van der Waals surface area contributed by atoms with Gasteiger partial charge in [-0.3, -0.25) is 9.10 Å². The number of hydrogen-bond acceptors (Lipinski definition) is 5. The van der Waals surface area contributed by atoms with Crippen molar-refractivity contribution in [3.63, 3.8) is 0 Å². The number of carbonyl (C=O) groups excluding carboxylic acids is 2. The number of para-hydroxylation sites is 1. The standard InChI is InChI=1S/C21H26N2O5S/c1-6-28-21(25)18-9-7-8-10-19(18)22-20(24)16(4)23(29(5,26)27)17-12-14(2)11-15(3)13-17/h7-13,16H,6H2,1-5H3,(H,22,24)/t16-/m0/s1. The summed E-state index contributed by atoms with van der Waals surface area (Å²) in [5.74, 6) is -1.13. The zero-order valence-electron chi connectivity index (χ0n) is 17.2. The van der Waals surface area contributed by atoms with Gasteiger partial charge in [0, 0.05) is 0 Å². The first-order valence-corrected chi connectivity index (χ1v) is 11.0. The number of rotatable bonds is 7. The predicted molar refractivity (Wildman–Crippen MR) is 114 cm³/mol. The Bertz CT molecular complexity index is 997. The highest BCUT2D eigenvalue weighted by molar-refractivity contribution is 7.92. The summed E-state index contributed by atoms with van der Waals surface area (Å²) in [4.78, 5) is 25.0. The Morgan fingerprint density at radius 1 is 1.10 bits per heavy atom. The fourth-order valence-electron chi connectivity index (χ4n) is 3.10. The van der Waals surface area contributed by atoms with Gasteiger partial charge in [-0.25, -0.2) is 13.2 Å². The maximum absolute atomic E-state index is 12.9. The Kier molecular flexibility index (Phi) is 7.02. The summed E-state index contributed by atoms with van der Waals surface area (Å²) in [5.41, 5.74) is 2.64. The topological polar surface area (TPSA) is 92.8 Å². The number of anilines is 2. The minimum atomic E-state index is -3.74. The number of benzene rings is 2. The molecule has 156 valence electrons. The van der Waals surface area contributed by atoms with Crippen LogP contribution in [0.3, 0.4) is 0 Å². The van der Waals surface area contributed by atoms with Crippen LogP contribution in [0.15, 0.2) is 42.5 Å². The molecule has 0 radical (unpaired) electrons. The normalized spacial score (nSPS) is 12.2. The molecule has 0 fully saturated rings. The quantitative estimate of drug-likeness (QED) is 0.697. The summed E-state index contributed by atoms with van der Waals surface area (Å²) in [6.07, 6.45) is 1.06. The molecule has 0 aliphatic heterocycles. The van der Waals surface area contributed by atoms with Gasteiger partial charge >= 0.3 is 5.97 Å². The lowest BCUT2D eigenvalue weighted by Crippen LogP contribution is -2.45. The summed E-state index contributed by atoms with van der Waals surface area (Å²) in [7, 11) is -3.74. The van der Waals surface area contributed by atoms with Crippen LogP contribution in [0.5, 0.6) is 0 Å². The molecule has 2 rings (SSSR count). The Labute approximate surface area is 171 Å². The van der Waals surface area contributed by atoms with Gasteiger partial charge in [0.25, 0.3) is 0 Å². The molecule has 2 aromatic carbocycles. The molecule has 29 heavy (non-hydrogen) atoms. The van der Waals surface area contributed by atoms with Gasteiger partial charge in [-0.2, -0.15) is 0 Å². The second-order valence-corrected chi connectivity index (χ2v) is 8.70. The van der Waals surface area contributed by atoms with Crippen LogP contribution in [0, 0.1) is 13.8 Å². The van der Waals surface area contributed by atoms with E-state index in [0.29, 0.717) is 5.69 Å². The molecule has 7 nitrogen and oxygen atoms in total. The molecule has 0 saturated heterocycles. The van der Waals surface area contributed by atoms with E-state index < -0.39 is 27.9 Å². The summed E-state index contributed by atoms with van der Waals surface area (Å²) in [6, 6.07) is 10.7. The monoisotopic (exact) mass is 418 g/mol. The zero-order chi connectivity index (χ0) is 21.8. The molecule has 0 aliphatic rings. The largest absolute Gasteiger partial charge is 0.462 e. The van der Waals surface area contributed by atoms with Crippen molar-refractivity contribution in [2.45, 2.75) is 33.7 Å². The number of nitrogens with zero attached hydrogens (tertiary/aromatic N) is 1. The van der Waals surface area contributed by atoms with Crippen molar-refractivity contribution in [3.05, 3.63) is 59.2 Å². The Hall–Kier alpha value is -2.87. The molecule has 0 aromatic heterocycles. The van der Waals surface area contributed by atoms with E-state index >= 15 is 0 Å². The van der Waals surface area contributed by atoms with Crippen molar-refractivity contribution in [1.29, 1.82) is 0 Å². The average Bonchev–Trinajstić information content (AvgIpc) is 2.60. The first kappa shape index (κ1) is 22.4. The fourth-order valence-corrected chi connectivity index (χ4v) is 4.26. The van der Waals surface area contributed by atoms with Gasteiger partial charge < -0.3 is 10.1 Å². The van der Waals surface area contributed by atoms with Crippen molar-refractivity contribution in [3.8, 4) is 0 Å². The number of amides is 1. The zero-order valence-corrected chi connectivity index (χ0v) is 18.0. The second kappa shape index (κ2) is 9.09. The van der Waals surface area contributed by atoms with Crippen LogP contribution in [-0.4, -0.2) is 39.2 Å². The number of esters is 1. The van der Waals surface area contributed by atoms with E-state index in [4.69, 9.17) is 4.74 Å². The molecule has 0 spiro atoms.